The Balaban J connectivity index is 1.51. The van der Waals surface area contributed by atoms with Gasteiger partial charge in [-0.1, -0.05) is 43.8 Å². The lowest BCUT2D eigenvalue weighted by Crippen LogP contribution is -2.44. The highest BCUT2D eigenvalue weighted by atomic mass is 32.2. The molecule has 180 valence electrons. The highest BCUT2D eigenvalue weighted by Crippen LogP contribution is 2.27. The summed E-state index contributed by atoms with van der Waals surface area (Å²) in [6.07, 6.45) is 0.519. The molecule has 2 saturated heterocycles. The van der Waals surface area contributed by atoms with Crippen molar-refractivity contribution in [2.45, 2.75) is 37.9 Å². The summed E-state index contributed by atoms with van der Waals surface area (Å²) in [4.78, 5) is 26.8. The van der Waals surface area contributed by atoms with Crippen LogP contribution < -0.4 is 0 Å². The Kier molecular flexibility index (Phi) is 7.88. The van der Waals surface area contributed by atoms with E-state index in [9.17, 15) is 13.2 Å². The molecule has 4 rings (SSSR count). The summed E-state index contributed by atoms with van der Waals surface area (Å²) in [6.45, 7) is 8.44. The van der Waals surface area contributed by atoms with Crippen molar-refractivity contribution in [2.75, 3.05) is 50.1 Å². The van der Waals surface area contributed by atoms with Gasteiger partial charge in [-0.05, 0) is 18.4 Å². The van der Waals surface area contributed by atoms with Gasteiger partial charge in [0.15, 0.2) is 9.84 Å². The zero-order valence-electron chi connectivity index (χ0n) is 19.3. The monoisotopic (exact) mass is 492 g/mol. The van der Waals surface area contributed by atoms with Gasteiger partial charge in [0.05, 0.1) is 42.5 Å². The van der Waals surface area contributed by atoms with Crippen LogP contribution >= 0.6 is 11.8 Å². The Hall–Kier alpha value is -1.75. The van der Waals surface area contributed by atoms with Crippen LogP contribution in [0.15, 0.2) is 29.3 Å². The second-order valence-corrected chi connectivity index (χ2v) is 12.3. The van der Waals surface area contributed by atoms with Gasteiger partial charge in [0, 0.05) is 31.1 Å². The number of hydrogen-bond acceptors (Lipinski definition) is 8. The summed E-state index contributed by atoms with van der Waals surface area (Å²) in [5.74, 6) is 1.42. The molecule has 1 aromatic heterocycles. The lowest BCUT2D eigenvalue weighted by atomic mass is 10.1. The first-order valence-electron chi connectivity index (χ1n) is 11.5. The number of thioether (sulfide) groups is 1. The number of aromatic nitrogens is 2. The molecule has 0 radical (unpaired) electrons. The van der Waals surface area contributed by atoms with Gasteiger partial charge in [0.2, 0.25) is 5.91 Å². The molecule has 10 heteroatoms. The smallest absolute Gasteiger partial charge is 0.233 e. The van der Waals surface area contributed by atoms with Gasteiger partial charge in [-0.3, -0.25) is 9.69 Å². The van der Waals surface area contributed by atoms with E-state index in [0.717, 1.165) is 34.8 Å². The third-order valence-corrected chi connectivity index (χ3v) is 8.67. The van der Waals surface area contributed by atoms with Crippen molar-refractivity contribution in [1.29, 1.82) is 0 Å². The lowest BCUT2D eigenvalue weighted by molar-refractivity contribution is -0.130. The molecule has 33 heavy (non-hydrogen) atoms. The number of nitrogens with zero attached hydrogens (tertiary/aromatic N) is 4. The lowest BCUT2D eigenvalue weighted by Gasteiger charge is -2.30. The molecule has 1 atom stereocenters. The number of benzene rings is 1. The van der Waals surface area contributed by atoms with Crippen LogP contribution in [0.2, 0.25) is 0 Å². The first-order chi connectivity index (χ1) is 15.8. The molecular weight excluding hydrogens is 460 g/mol. The molecule has 3 heterocycles. The van der Waals surface area contributed by atoms with Crippen LogP contribution in [-0.2, 0) is 25.9 Å². The number of ether oxygens (including phenoxy) is 1. The molecule has 2 aliphatic rings. The Morgan fingerprint density at radius 1 is 1.24 bits per heavy atom. The first kappa shape index (κ1) is 24.4. The third kappa shape index (κ3) is 6.44. The second kappa shape index (κ2) is 10.7. The Morgan fingerprint density at radius 2 is 2.00 bits per heavy atom. The van der Waals surface area contributed by atoms with Gasteiger partial charge in [-0.25, -0.2) is 18.4 Å². The summed E-state index contributed by atoms with van der Waals surface area (Å²) >= 11 is 1.41. The molecule has 0 N–H and O–H groups in total. The Morgan fingerprint density at radius 3 is 2.70 bits per heavy atom. The molecule has 2 aliphatic heterocycles. The fourth-order valence-electron chi connectivity index (χ4n) is 4.32. The number of morpholine rings is 1. The van der Waals surface area contributed by atoms with Crippen molar-refractivity contribution in [3.63, 3.8) is 0 Å². The number of amides is 1. The summed E-state index contributed by atoms with van der Waals surface area (Å²) < 4.78 is 29.5. The number of rotatable bonds is 8. The zero-order chi connectivity index (χ0) is 23.4. The average molecular weight is 493 g/mol. The van der Waals surface area contributed by atoms with Crippen molar-refractivity contribution in [2.24, 2.45) is 5.92 Å². The van der Waals surface area contributed by atoms with E-state index in [1.165, 1.54) is 11.8 Å². The minimum atomic E-state index is -3.06. The fourth-order valence-corrected chi connectivity index (χ4v) is 6.97. The minimum absolute atomic E-state index is 0.0341. The van der Waals surface area contributed by atoms with Crippen LogP contribution in [0.25, 0.3) is 10.9 Å². The van der Waals surface area contributed by atoms with Gasteiger partial charge < -0.3 is 9.64 Å². The summed E-state index contributed by atoms with van der Waals surface area (Å²) in [5, 5.41) is 1.72. The molecule has 2 aromatic rings. The van der Waals surface area contributed by atoms with E-state index in [1.807, 2.05) is 38.1 Å². The van der Waals surface area contributed by atoms with Crippen molar-refractivity contribution in [3.8, 4) is 0 Å². The van der Waals surface area contributed by atoms with Crippen LogP contribution in [0.5, 0.6) is 0 Å². The van der Waals surface area contributed by atoms with E-state index in [4.69, 9.17) is 14.7 Å². The van der Waals surface area contributed by atoms with Crippen molar-refractivity contribution >= 4 is 38.4 Å². The highest BCUT2D eigenvalue weighted by molar-refractivity contribution is 8.00. The van der Waals surface area contributed by atoms with Gasteiger partial charge in [-0.15, -0.1) is 0 Å². The third-order valence-electron chi connectivity index (χ3n) is 5.95. The topological polar surface area (TPSA) is 92.7 Å². The molecule has 0 spiro atoms. The summed E-state index contributed by atoms with van der Waals surface area (Å²) in [6, 6.07) is 7.63. The predicted octanol–water partition coefficient (Wildman–Crippen LogP) is 2.23. The molecular formula is C23H32N4O4S2. The van der Waals surface area contributed by atoms with Gasteiger partial charge >= 0.3 is 0 Å². The normalized spacial score (nSPS) is 21.0. The predicted molar refractivity (Wildman–Crippen MR) is 130 cm³/mol. The maximum atomic E-state index is 13.2. The molecule has 1 amide bonds. The number of para-hydroxylation sites is 1. The number of carbonyl (C=O) groups is 1. The molecule has 0 aliphatic carbocycles. The van der Waals surface area contributed by atoms with Crippen molar-refractivity contribution in [1.82, 2.24) is 19.8 Å². The largest absolute Gasteiger partial charge is 0.379 e. The van der Waals surface area contributed by atoms with Crippen LogP contribution in [0.1, 0.15) is 26.1 Å². The number of hydrogen-bond donors (Lipinski definition) is 0. The van der Waals surface area contributed by atoms with Gasteiger partial charge in [0.25, 0.3) is 0 Å². The number of fused-ring (bicyclic) bond motifs is 1. The van der Waals surface area contributed by atoms with Crippen LogP contribution in [0.4, 0.5) is 0 Å². The van der Waals surface area contributed by atoms with E-state index >= 15 is 0 Å². The van der Waals surface area contributed by atoms with Gasteiger partial charge in [0.1, 0.15) is 10.9 Å². The van der Waals surface area contributed by atoms with E-state index in [2.05, 4.69) is 4.90 Å². The van der Waals surface area contributed by atoms with Crippen molar-refractivity contribution in [3.05, 3.63) is 30.1 Å². The molecule has 2 fully saturated rings. The maximum Gasteiger partial charge on any atom is 0.233 e. The second-order valence-electron chi connectivity index (χ2n) is 9.14. The standard InChI is InChI=1S/C23H32N4O4S2/c1-17(2)13-27(18-7-12-33(29,30)16-18)22(28)15-32-23-19-5-3-4-6-20(19)24-21(25-23)14-26-8-10-31-11-9-26/h3-6,17-18H,7-16H2,1-2H3. The molecule has 1 unspecified atom stereocenters. The Bertz CT molecular complexity index is 1090. The SMILES string of the molecule is CC(C)CN(C(=O)CSc1nc(CN2CCOCC2)nc2ccccc12)C1CCS(=O)(=O)C1. The summed E-state index contributed by atoms with van der Waals surface area (Å²) in [5.41, 5.74) is 0.867. The number of sulfone groups is 1. The van der Waals surface area contributed by atoms with E-state index in [1.54, 1.807) is 4.90 Å². The van der Waals surface area contributed by atoms with Gasteiger partial charge in [-0.2, -0.15) is 0 Å². The molecule has 1 aromatic carbocycles. The van der Waals surface area contributed by atoms with E-state index in [-0.39, 0.29) is 35.1 Å². The highest BCUT2D eigenvalue weighted by Gasteiger charge is 2.34. The number of carbonyl (C=O) groups excluding carboxylic acids is 1. The van der Waals surface area contributed by atoms with Crippen LogP contribution in [0.3, 0.4) is 0 Å². The van der Waals surface area contributed by atoms with E-state index < -0.39 is 9.84 Å². The average Bonchev–Trinajstić information content (AvgIpc) is 3.15. The van der Waals surface area contributed by atoms with Crippen LogP contribution in [0, 0.1) is 5.92 Å². The molecule has 0 bridgehead atoms. The van der Waals surface area contributed by atoms with Crippen LogP contribution in [-0.4, -0.2) is 90.2 Å². The molecule has 0 saturated carbocycles. The Labute approximate surface area is 200 Å². The van der Waals surface area contributed by atoms with E-state index in [0.29, 0.717) is 32.7 Å². The maximum absolute atomic E-state index is 13.2. The first-order valence-corrected chi connectivity index (χ1v) is 14.3. The summed E-state index contributed by atoms with van der Waals surface area (Å²) in [7, 11) is -3.06. The quantitative estimate of drug-likeness (QED) is 0.409. The minimum Gasteiger partial charge on any atom is -0.379 e. The fraction of sp³-hybridized carbons (Fsp3) is 0.609. The molecule has 8 nitrogen and oxygen atoms in total. The van der Waals surface area contributed by atoms with Crippen molar-refractivity contribution < 1.29 is 17.9 Å². The zero-order valence-corrected chi connectivity index (χ0v) is 20.9.